The summed E-state index contributed by atoms with van der Waals surface area (Å²) in [7, 11) is 0. The minimum Gasteiger partial charge on any atom is -0.508 e. The van der Waals surface area contributed by atoms with Crippen molar-refractivity contribution >= 4 is 17.5 Å². The molecule has 0 saturated heterocycles. The van der Waals surface area contributed by atoms with Crippen LogP contribution in [0.25, 0.3) is 17.2 Å². The molecule has 1 heterocycles. The standard InChI is InChI=1S/C20H15F3N2O/c1-2-14-5-6-16(12-24-14)25-15-7-10-18(19(11-15)20(21,22)23)13-3-8-17(26)9-4-13/h2-12,25-26H,1H2. The number of aromatic hydroxyl groups is 1. The Hall–Kier alpha value is -3.28. The third-order valence-corrected chi connectivity index (χ3v) is 3.79. The Balaban J connectivity index is 1.98. The summed E-state index contributed by atoms with van der Waals surface area (Å²) in [5.74, 6) is -0.00364. The minimum absolute atomic E-state index is 0.00364. The molecule has 1 aromatic heterocycles. The van der Waals surface area contributed by atoms with Crippen molar-refractivity contribution in [3.8, 4) is 16.9 Å². The molecule has 0 amide bonds. The van der Waals surface area contributed by atoms with Crippen LogP contribution in [0.3, 0.4) is 0 Å². The van der Waals surface area contributed by atoms with E-state index in [-0.39, 0.29) is 11.3 Å². The molecule has 0 radical (unpaired) electrons. The zero-order valence-electron chi connectivity index (χ0n) is 13.6. The Morgan fingerprint density at radius 3 is 2.23 bits per heavy atom. The summed E-state index contributed by atoms with van der Waals surface area (Å²) in [5.41, 5.74) is 1.20. The molecule has 0 aliphatic heterocycles. The highest BCUT2D eigenvalue weighted by atomic mass is 19.4. The highest BCUT2D eigenvalue weighted by Crippen LogP contribution is 2.39. The van der Waals surface area contributed by atoms with Crippen molar-refractivity contribution in [1.82, 2.24) is 4.98 Å². The highest BCUT2D eigenvalue weighted by Gasteiger charge is 2.34. The Kier molecular flexibility index (Phi) is 4.67. The van der Waals surface area contributed by atoms with Gasteiger partial charge in [0.15, 0.2) is 0 Å². The molecule has 3 aromatic rings. The van der Waals surface area contributed by atoms with Gasteiger partial charge in [0.05, 0.1) is 23.1 Å². The molecule has 0 aliphatic rings. The number of benzene rings is 2. The first-order valence-electron chi connectivity index (χ1n) is 7.73. The fraction of sp³-hybridized carbons (Fsp3) is 0.0500. The maximum Gasteiger partial charge on any atom is 0.417 e. The van der Waals surface area contributed by atoms with Crippen LogP contribution in [-0.2, 0) is 6.18 Å². The quantitative estimate of drug-likeness (QED) is 0.615. The Morgan fingerprint density at radius 2 is 1.65 bits per heavy atom. The van der Waals surface area contributed by atoms with Gasteiger partial charge >= 0.3 is 6.18 Å². The second-order valence-electron chi connectivity index (χ2n) is 5.61. The number of nitrogens with one attached hydrogen (secondary N) is 1. The molecule has 0 aliphatic carbocycles. The molecular formula is C20H15F3N2O. The van der Waals surface area contributed by atoms with Gasteiger partial charge in [0.1, 0.15) is 5.75 Å². The van der Waals surface area contributed by atoms with E-state index in [0.717, 1.165) is 6.07 Å². The molecule has 132 valence electrons. The summed E-state index contributed by atoms with van der Waals surface area (Å²) in [6.45, 7) is 3.60. The molecule has 0 bridgehead atoms. The van der Waals surface area contributed by atoms with Gasteiger partial charge in [0.25, 0.3) is 0 Å². The van der Waals surface area contributed by atoms with E-state index >= 15 is 0 Å². The first-order valence-corrected chi connectivity index (χ1v) is 7.73. The van der Waals surface area contributed by atoms with Gasteiger partial charge in [-0.3, -0.25) is 4.98 Å². The molecule has 0 spiro atoms. The summed E-state index contributed by atoms with van der Waals surface area (Å²) < 4.78 is 40.6. The number of halogens is 3. The lowest BCUT2D eigenvalue weighted by atomic mass is 9.98. The van der Waals surface area contributed by atoms with Crippen LogP contribution in [0.2, 0.25) is 0 Å². The van der Waals surface area contributed by atoms with E-state index < -0.39 is 11.7 Å². The second kappa shape index (κ2) is 6.92. The third kappa shape index (κ3) is 3.85. The van der Waals surface area contributed by atoms with E-state index in [2.05, 4.69) is 16.9 Å². The number of nitrogens with zero attached hydrogens (tertiary/aromatic N) is 1. The van der Waals surface area contributed by atoms with Crippen molar-refractivity contribution in [2.75, 3.05) is 5.32 Å². The molecule has 3 nitrogen and oxygen atoms in total. The average molecular weight is 356 g/mol. The number of hydrogen-bond donors (Lipinski definition) is 2. The monoisotopic (exact) mass is 356 g/mol. The number of rotatable bonds is 4. The number of phenols is 1. The van der Waals surface area contributed by atoms with Crippen molar-refractivity contribution in [3.63, 3.8) is 0 Å². The fourth-order valence-corrected chi connectivity index (χ4v) is 2.52. The Morgan fingerprint density at radius 1 is 0.962 bits per heavy atom. The van der Waals surface area contributed by atoms with Crippen LogP contribution in [0.5, 0.6) is 5.75 Å². The van der Waals surface area contributed by atoms with Crippen LogP contribution >= 0.6 is 0 Å². The van der Waals surface area contributed by atoms with Gasteiger partial charge in [-0.2, -0.15) is 13.2 Å². The van der Waals surface area contributed by atoms with Crippen LogP contribution in [0, 0.1) is 0 Å². The normalized spacial score (nSPS) is 11.2. The van der Waals surface area contributed by atoms with Gasteiger partial charge in [-0.05, 0) is 53.6 Å². The summed E-state index contributed by atoms with van der Waals surface area (Å²) in [5, 5.41) is 12.3. The number of pyridine rings is 1. The molecule has 3 rings (SSSR count). The molecule has 0 unspecified atom stereocenters. The first-order chi connectivity index (χ1) is 12.4. The molecule has 0 atom stereocenters. The van der Waals surface area contributed by atoms with Gasteiger partial charge in [-0.25, -0.2) is 0 Å². The van der Waals surface area contributed by atoms with Gasteiger partial charge in [-0.15, -0.1) is 0 Å². The molecule has 26 heavy (non-hydrogen) atoms. The van der Waals surface area contributed by atoms with E-state index in [4.69, 9.17) is 0 Å². The molecule has 2 N–H and O–H groups in total. The van der Waals surface area contributed by atoms with Crippen LogP contribution in [0.15, 0.2) is 67.4 Å². The lowest BCUT2D eigenvalue weighted by molar-refractivity contribution is -0.137. The zero-order valence-corrected chi connectivity index (χ0v) is 13.6. The smallest absolute Gasteiger partial charge is 0.417 e. The number of hydrogen-bond acceptors (Lipinski definition) is 3. The number of anilines is 2. The van der Waals surface area contributed by atoms with Crippen molar-refractivity contribution in [2.45, 2.75) is 6.18 Å². The van der Waals surface area contributed by atoms with Gasteiger partial charge in [0, 0.05) is 5.69 Å². The lowest BCUT2D eigenvalue weighted by Gasteiger charge is -2.16. The maximum atomic E-state index is 13.5. The predicted octanol–water partition coefficient (Wildman–Crippen LogP) is 5.86. The molecular weight excluding hydrogens is 341 g/mol. The summed E-state index contributed by atoms with van der Waals surface area (Å²) in [4.78, 5) is 4.11. The topological polar surface area (TPSA) is 45.1 Å². The molecule has 6 heteroatoms. The number of phenolic OH excluding ortho intramolecular Hbond substituents is 1. The first kappa shape index (κ1) is 17.5. The van der Waals surface area contributed by atoms with E-state index in [1.807, 2.05) is 0 Å². The second-order valence-corrected chi connectivity index (χ2v) is 5.61. The average Bonchev–Trinajstić information content (AvgIpc) is 2.62. The van der Waals surface area contributed by atoms with Crippen LogP contribution < -0.4 is 5.32 Å². The zero-order chi connectivity index (χ0) is 18.7. The van der Waals surface area contributed by atoms with Crippen molar-refractivity contribution in [1.29, 1.82) is 0 Å². The van der Waals surface area contributed by atoms with Crippen molar-refractivity contribution in [2.24, 2.45) is 0 Å². The van der Waals surface area contributed by atoms with E-state index in [9.17, 15) is 18.3 Å². The van der Waals surface area contributed by atoms with Crippen molar-refractivity contribution < 1.29 is 18.3 Å². The third-order valence-electron chi connectivity index (χ3n) is 3.79. The maximum absolute atomic E-state index is 13.5. The van der Waals surface area contributed by atoms with Crippen molar-refractivity contribution in [3.05, 3.63) is 78.6 Å². The Labute approximate surface area is 148 Å². The summed E-state index contributed by atoms with van der Waals surface area (Å²) in [6, 6.07) is 13.1. The van der Waals surface area contributed by atoms with E-state index in [1.165, 1.54) is 36.5 Å². The van der Waals surface area contributed by atoms with Gasteiger partial charge in [0.2, 0.25) is 0 Å². The number of aromatic nitrogens is 1. The van der Waals surface area contributed by atoms with Crippen LogP contribution in [0.4, 0.5) is 24.5 Å². The van der Waals surface area contributed by atoms with E-state index in [1.54, 1.807) is 24.3 Å². The number of alkyl halides is 3. The predicted molar refractivity (Wildman–Crippen MR) is 96.2 cm³/mol. The van der Waals surface area contributed by atoms with Crippen LogP contribution in [-0.4, -0.2) is 10.1 Å². The van der Waals surface area contributed by atoms with E-state index in [0.29, 0.717) is 22.6 Å². The molecule has 0 fully saturated rings. The fourth-order valence-electron chi connectivity index (χ4n) is 2.52. The lowest BCUT2D eigenvalue weighted by Crippen LogP contribution is -2.08. The summed E-state index contributed by atoms with van der Waals surface area (Å²) in [6.07, 6.45) is -1.41. The SMILES string of the molecule is C=Cc1ccc(Nc2ccc(-c3ccc(O)cc3)c(C(F)(F)F)c2)cn1. The van der Waals surface area contributed by atoms with Gasteiger partial charge < -0.3 is 10.4 Å². The largest absolute Gasteiger partial charge is 0.508 e. The minimum atomic E-state index is -4.52. The van der Waals surface area contributed by atoms with Gasteiger partial charge in [-0.1, -0.05) is 24.8 Å². The molecule has 0 saturated carbocycles. The summed E-state index contributed by atoms with van der Waals surface area (Å²) >= 11 is 0. The Bertz CT molecular complexity index is 917. The highest BCUT2D eigenvalue weighted by molar-refractivity contribution is 5.73. The molecule has 2 aromatic carbocycles. The van der Waals surface area contributed by atoms with Crippen LogP contribution in [0.1, 0.15) is 11.3 Å².